The maximum Gasteiger partial charge on any atom is 0.358 e. The van der Waals surface area contributed by atoms with Crippen LogP contribution < -0.4 is 5.32 Å². The van der Waals surface area contributed by atoms with Gasteiger partial charge in [-0.05, 0) is 26.7 Å². The Morgan fingerprint density at radius 1 is 1.53 bits per heavy atom. The van der Waals surface area contributed by atoms with E-state index in [2.05, 4.69) is 15.6 Å². The molecule has 0 aromatic carbocycles. The highest BCUT2D eigenvalue weighted by Gasteiger charge is 2.28. The number of amides is 1. The summed E-state index contributed by atoms with van der Waals surface area (Å²) in [6.07, 6.45) is 2.02. The smallest absolute Gasteiger partial charge is 0.358 e. The first-order valence-corrected chi connectivity index (χ1v) is 5.46. The Balaban J connectivity index is 2.15. The SMILES string of the molecule is Cc1c(C(=O)O)nnn1C(C)C(=O)NC1CC1. The third kappa shape index (κ3) is 2.27. The molecular formula is C10H14N4O3. The third-order valence-corrected chi connectivity index (χ3v) is 2.80. The molecule has 1 heterocycles. The van der Waals surface area contributed by atoms with E-state index in [-0.39, 0.29) is 17.6 Å². The fraction of sp³-hybridized carbons (Fsp3) is 0.600. The van der Waals surface area contributed by atoms with Gasteiger partial charge in [-0.3, -0.25) is 4.79 Å². The summed E-state index contributed by atoms with van der Waals surface area (Å²) in [5.74, 6) is -1.29. The molecule has 1 aromatic rings. The van der Waals surface area contributed by atoms with Crippen LogP contribution in [0.25, 0.3) is 0 Å². The molecule has 1 atom stereocenters. The summed E-state index contributed by atoms with van der Waals surface area (Å²) in [5, 5.41) is 18.9. The van der Waals surface area contributed by atoms with Crippen molar-refractivity contribution in [3.8, 4) is 0 Å². The van der Waals surface area contributed by atoms with Gasteiger partial charge in [-0.2, -0.15) is 0 Å². The Hall–Kier alpha value is -1.92. The molecule has 92 valence electrons. The lowest BCUT2D eigenvalue weighted by Gasteiger charge is -2.12. The molecule has 0 spiro atoms. The van der Waals surface area contributed by atoms with Gasteiger partial charge in [0.05, 0.1) is 5.69 Å². The molecule has 1 aromatic heterocycles. The maximum atomic E-state index is 11.8. The second kappa shape index (κ2) is 4.15. The van der Waals surface area contributed by atoms with Gasteiger partial charge in [0.2, 0.25) is 5.91 Å². The van der Waals surface area contributed by atoms with Crippen molar-refractivity contribution >= 4 is 11.9 Å². The van der Waals surface area contributed by atoms with E-state index in [1.54, 1.807) is 13.8 Å². The Morgan fingerprint density at radius 2 is 2.18 bits per heavy atom. The van der Waals surface area contributed by atoms with Gasteiger partial charge in [-0.25, -0.2) is 9.48 Å². The number of hydrogen-bond acceptors (Lipinski definition) is 4. The molecule has 17 heavy (non-hydrogen) atoms. The minimum atomic E-state index is -1.14. The van der Waals surface area contributed by atoms with E-state index in [0.717, 1.165) is 12.8 Å². The molecular weight excluding hydrogens is 224 g/mol. The van der Waals surface area contributed by atoms with Crippen LogP contribution in [0.3, 0.4) is 0 Å². The van der Waals surface area contributed by atoms with Crippen molar-refractivity contribution in [3.05, 3.63) is 11.4 Å². The van der Waals surface area contributed by atoms with Crippen LogP contribution in [-0.4, -0.2) is 38.0 Å². The molecule has 1 unspecified atom stereocenters. The molecule has 0 aliphatic heterocycles. The van der Waals surface area contributed by atoms with E-state index < -0.39 is 12.0 Å². The molecule has 2 rings (SSSR count). The summed E-state index contributed by atoms with van der Waals surface area (Å²) in [6.45, 7) is 3.26. The van der Waals surface area contributed by atoms with Crippen LogP contribution in [0.5, 0.6) is 0 Å². The largest absolute Gasteiger partial charge is 0.476 e. The molecule has 2 N–H and O–H groups in total. The predicted octanol–water partition coefficient (Wildman–Crippen LogP) is 0.124. The average Bonchev–Trinajstić information content (AvgIpc) is 2.98. The van der Waals surface area contributed by atoms with Crippen LogP contribution in [0.15, 0.2) is 0 Å². The maximum absolute atomic E-state index is 11.8. The summed E-state index contributed by atoms with van der Waals surface area (Å²) in [5.41, 5.74) is 0.270. The van der Waals surface area contributed by atoms with Crippen molar-refractivity contribution < 1.29 is 14.7 Å². The lowest BCUT2D eigenvalue weighted by atomic mass is 10.2. The topological polar surface area (TPSA) is 97.1 Å². The normalized spacial score (nSPS) is 16.6. The highest BCUT2D eigenvalue weighted by molar-refractivity contribution is 5.86. The minimum absolute atomic E-state index is 0.115. The van der Waals surface area contributed by atoms with Crippen molar-refractivity contribution in [2.75, 3.05) is 0 Å². The Morgan fingerprint density at radius 3 is 2.65 bits per heavy atom. The van der Waals surface area contributed by atoms with Gasteiger partial charge in [0.1, 0.15) is 6.04 Å². The fourth-order valence-corrected chi connectivity index (χ4v) is 1.57. The fourth-order valence-electron chi connectivity index (χ4n) is 1.57. The molecule has 0 radical (unpaired) electrons. The van der Waals surface area contributed by atoms with E-state index in [1.165, 1.54) is 4.68 Å². The van der Waals surface area contributed by atoms with Crippen LogP contribution >= 0.6 is 0 Å². The van der Waals surface area contributed by atoms with E-state index in [9.17, 15) is 9.59 Å². The van der Waals surface area contributed by atoms with Gasteiger partial charge in [0, 0.05) is 6.04 Å². The van der Waals surface area contributed by atoms with E-state index in [4.69, 9.17) is 5.11 Å². The number of nitrogens with zero attached hydrogens (tertiary/aromatic N) is 3. The monoisotopic (exact) mass is 238 g/mol. The van der Waals surface area contributed by atoms with E-state index >= 15 is 0 Å². The number of carbonyl (C=O) groups excluding carboxylic acids is 1. The first-order valence-electron chi connectivity index (χ1n) is 5.46. The summed E-state index contributed by atoms with van der Waals surface area (Å²) in [7, 11) is 0. The molecule has 1 saturated carbocycles. The van der Waals surface area contributed by atoms with Crippen molar-refractivity contribution in [2.24, 2.45) is 0 Å². The van der Waals surface area contributed by atoms with Crippen LogP contribution in [0.2, 0.25) is 0 Å². The number of carbonyl (C=O) groups is 2. The van der Waals surface area contributed by atoms with Crippen LogP contribution in [0, 0.1) is 6.92 Å². The minimum Gasteiger partial charge on any atom is -0.476 e. The highest BCUT2D eigenvalue weighted by Crippen LogP contribution is 2.20. The number of carboxylic acid groups (broad SMARTS) is 1. The molecule has 7 nitrogen and oxygen atoms in total. The summed E-state index contributed by atoms with van der Waals surface area (Å²) in [4.78, 5) is 22.6. The first kappa shape index (κ1) is 11.6. The molecule has 1 aliphatic rings. The standard InChI is InChI=1S/C10H14N4O3/c1-5-8(10(16)17)12-13-14(5)6(2)9(15)11-7-3-4-7/h6-7H,3-4H2,1-2H3,(H,11,15)(H,16,17). The van der Waals surface area contributed by atoms with Gasteiger partial charge < -0.3 is 10.4 Å². The number of carboxylic acids is 1. The van der Waals surface area contributed by atoms with Gasteiger partial charge in [0.15, 0.2) is 5.69 Å². The van der Waals surface area contributed by atoms with Gasteiger partial charge in [-0.1, -0.05) is 5.21 Å². The van der Waals surface area contributed by atoms with Gasteiger partial charge in [0.25, 0.3) is 0 Å². The summed E-state index contributed by atoms with van der Waals surface area (Å²) >= 11 is 0. The highest BCUT2D eigenvalue weighted by atomic mass is 16.4. The number of nitrogens with one attached hydrogen (secondary N) is 1. The zero-order valence-electron chi connectivity index (χ0n) is 9.67. The Kier molecular flexibility index (Phi) is 2.83. The third-order valence-electron chi connectivity index (χ3n) is 2.80. The Bertz CT molecular complexity index is 464. The first-order chi connectivity index (χ1) is 8.00. The lowest BCUT2D eigenvalue weighted by Crippen LogP contribution is -2.33. The van der Waals surface area contributed by atoms with Crippen molar-refractivity contribution in [1.82, 2.24) is 20.3 Å². The quantitative estimate of drug-likeness (QED) is 0.776. The average molecular weight is 238 g/mol. The van der Waals surface area contributed by atoms with Gasteiger partial charge >= 0.3 is 5.97 Å². The molecule has 1 aliphatic carbocycles. The van der Waals surface area contributed by atoms with Crippen LogP contribution in [-0.2, 0) is 4.79 Å². The molecule has 0 bridgehead atoms. The van der Waals surface area contributed by atoms with Crippen LogP contribution in [0.1, 0.15) is 42.0 Å². The summed E-state index contributed by atoms with van der Waals surface area (Å²) < 4.78 is 1.33. The van der Waals surface area contributed by atoms with Crippen molar-refractivity contribution in [2.45, 2.75) is 38.8 Å². The molecule has 0 saturated heterocycles. The predicted molar refractivity (Wildman–Crippen MR) is 57.6 cm³/mol. The zero-order chi connectivity index (χ0) is 12.6. The number of hydrogen-bond donors (Lipinski definition) is 2. The number of aromatic nitrogens is 3. The summed E-state index contributed by atoms with van der Waals surface area (Å²) in [6, 6.07) is -0.274. The second-order valence-corrected chi connectivity index (χ2v) is 4.23. The number of rotatable bonds is 4. The second-order valence-electron chi connectivity index (χ2n) is 4.23. The zero-order valence-corrected chi connectivity index (χ0v) is 9.67. The van der Waals surface area contributed by atoms with Crippen molar-refractivity contribution in [3.63, 3.8) is 0 Å². The van der Waals surface area contributed by atoms with Crippen LogP contribution in [0.4, 0.5) is 0 Å². The van der Waals surface area contributed by atoms with Crippen molar-refractivity contribution in [1.29, 1.82) is 0 Å². The number of aromatic carboxylic acids is 1. The molecule has 1 fully saturated rings. The molecule has 7 heteroatoms. The molecule has 1 amide bonds. The van der Waals surface area contributed by atoms with E-state index in [1.807, 2.05) is 0 Å². The Labute approximate surface area is 97.8 Å². The van der Waals surface area contributed by atoms with E-state index in [0.29, 0.717) is 5.69 Å². The van der Waals surface area contributed by atoms with Gasteiger partial charge in [-0.15, -0.1) is 5.10 Å². The lowest BCUT2D eigenvalue weighted by molar-refractivity contribution is -0.124.